The van der Waals surface area contributed by atoms with Crippen LogP contribution in [0.4, 0.5) is 4.79 Å². The fraction of sp³-hybridized carbons (Fsp3) is 0.467. The zero-order chi connectivity index (χ0) is 14.6. The average Bonchev–Trinajstić information content (AvgIpc) is 2.41. The summed E-state index contributed by atoms with van der Waals surface area (Å²) >= 11 is 0. The largest absolute Gasteiger partial charge is 0.478 e. The molecule has 2 rings (SSSR count). The van der Waals surface area contributed by atoms with E-state index >= 15 is 0 Å². The first-order valence-electron chi connectivity index (χ1n) is 6.93. The molecule has 0 radical (unpaired) electrons. The molecule has 1 aliphatic rings. The molecule has 0 unspecified atom stereocenters. The Labute approximate surface area is 118 Å². The molecule has 1 saturated carbocycles. The Kier molecular flexibility index (Phi) is 4.27. The van der Waals surface area contributed by atoms with Gasteiger partial charge >= 0.3 is 12.0 Å². The maximum atomic E-state index is 11.9. The summed E-state index contributed by atoms with van der Waals surface area (Å²) in [6.45, 7) is 2.41. The Morgan fingerprint density at radius 2 is 2.10 bits per heavy atom. The minimum Gasteiger partial charge on any atom is -0.478 e. The number of aromatic carboxylic acids is 1. The van der Waals surface area contributed by atoms with Gasteiger partial charge in [-0.3, -0.25) is 0 Å². The number of amides is 2. The first kappa shape index (κ1) is 14.4. The van der Waals surface area contributed by atoms with E-state index in [-0.39, 0.29) is 17.1 Å². The molecule has 5 heteroatoms. The van der Waals surface area contributed by atoms with E-state index in [2.05, 4.69) is 17.6 Å². The average molecular weight is 276 g/mol. The fourth-order valence-corrected chi connectivity index (χ4v) is 2.45. The van der Waals surface area contributed by atoms with Crippen LogP contribution in [0.3, 0.4) is 0 Å². The number of carboxylic acids is 1. The quantitative estimate of drug-likeness (QED) is 0.773. The lowest BCUT2D eigenvalue weighted by molar-refractivity contribution is 0.0696. The van der Waals surface area contributed by atoms with Gasteiger partial charge in [0.15, 0.2) is 0 Å². The molecule has 1 aromatic rings. The normalized spacial score (nSPS) is 16.1. The third-order valence-electron chi connectivity index (χ3n) is 3.99. The Morgan fingerprint density at radius 1 is 1.35 bits per heavy atom. The van der Waals surface area contributed by atoms with Gasteiger partial charge in [0.25, 0.3) is 0 Å². The highest BCUT2D eigenvalue weighted by atomic mass is 16.4. The van der Waals surface area contributed by atoms with Crippen LogP contribution in [-0.4, -0.2) is 22.6 Å². The summed E-state index contributed by atoms with van der Waals surface area (Å²) in [7, 11) is 0. The second-order valence-corrected chi connectivity index (χ2v) is 5.30. The van der Waals surface area contributed by atoms with Crippen LogP contribution in [0.15, 0.2) is 24.3 Å². The van der Waals surface area contributed by atoms with Crippen molar-refractivity contribution in [3.05, 3.63) is 35.4 Å². The second-order valence-electron chi connectivity index (χ2n) is 5.30. The zero-order valence-corrected chi connectivity index (χ0v) is 11.6. The molecule has 20 heavy (non-hydrogen) atoms. The number of urea groups is 1. The highest BCUT2D eigenvalue weighted by Crippen LogP contribution is 2.34. The molecule has 2 amide bonds. The maximum absolute atomic E-state index is 11.9. The Bertz CT molecular complexity index is 504. The molecule has 5 nitrogen and oxygen atoms in total. The van der Waals surface area contributed by atoms with Gasteiger partial charge in [-0.25, -0.2) is 9.59 Å². The van der Waals surface area contributed by atoms with Crippen LogP contribution >= 0.6 is 0 Å². The van der Waals surface area contributed by atoms with Crippen molar-refractivity contribution >= 4 is 12.0 Å². The SMILES string of the molecule is CCC1(NC(=O)NCc2cccc(C(=O)O)c2)CCC1. The second kappa shape index (κ2) is 5.94. The van der Waals surface area contributed by atoms with Crippen molar-refractivity contribution in [1.29, 1.82) is 0 Å². The Hall–Kier alpha value is -2.04. The van der Waals surface area contributed by atoms with Crippen molar-refractivity contribution < 1.29 is 14.7 Å². The van der Waals surface area contributed by atoms with Gasteiger partial charge < -0.3 is 15.7 Å². The number of hydrogen-bond acceptors (Lipinski definition) is 2. The first-order valence-corrected chi connectivity index (χ1v) is 6.93. The van der Waals surface area contributed by atoms with Crippen molar-refractivity contribution in [2.75, 3.05) is 0 Å². The lowest BCUT2D eigenvalue weighted by Gasteiger charge is -2.41. The monoisotopic (exact) mass is 276 g/mol. The molecule has 108 valence electrons. The summed E-state index contributed by atoms with van der Waals surface area (Å²) in [5, 5.41) is 14.7. The number of benzene rings is 1. The summed E-state index contributed by atoms with van der Waals surface area (Å²) in [6, 6.07) is 6.39. The minimum atomic E-state index is -0.962. The summed E-state index contributed by atoms with van der Waals surface area (Å²) in [6.07, 6.45) is 4.17. The van der Waals surface area contributed by atoms with Crippen molar-refractivity contribution in [1.82, 2.24) is 10.6 Å². The van der Waals surface area contributed by atoms with Crippen LogP contribution < -0.4 is 10.6 Å². The standard InChI is InChI=1S/C15H20N2O3/c1-2-15(7-4-8-15)17-14(20)16-10-11-5-3-6-12(9-11)13(18)19/h3,5-6,9H,2,4,7-8,10H2,1H3,(H,18,19)(H2,16,17,20). The van der Waals surface area contributed by atoms with E-state index in [0.717, 1.165) is 31.2 Å². The summed E-state index contributed by atoms with van der Waals surface area (Å²) in [5.41, 5.74) is 0.973. The number of nitrogens with one attached hydrogen (secondary N) is 2. The third kappa shape index (κ3) is 3.29. The fourth-order valence-electron chi connectivity index (χ4n) is 2.45. The van der Waals surface area contributed by atoms with Crippen LogP contribution in [0.1, 0.15) is 48.5 Å². The van der Waals surface area contributed by atoms with Gasteiger partial charge in [0.2, 0.25) is 0 Å². The van der Waals surface area contributed by atoms with E-state index in [4.69, 9.17) is 5.11 Å². The van der Waals surface area contributed by atoms with Gasteiger partial charge in [-0.1, -0.05) is 19.1 Å². The summed E-state index contributed by atoms with van der Waals surface area (Å²) < 4.78 is 0. The van der Waals surface area contributed by atoms with Gasteiger partial charge in [0.1, 0.15) is 0 Å². The van der Waals surface area contributed by atoms with Crippen LogP contribution in [0.5, 0.6) is 0 Å². The molecule has 0 aromatic heterocycles. The first-order chi connectivity index (χ1) is 9.54. The number of hydrogen-bond donors (Lipinski definition) is 3. The number of carbonyl (C=O) groups excluding carboxylic acids is 1. The van der Waals surface area contributed by atoms with Crippen LogP contribution in [-0.2, 0) is 6.54 Å². The predicted molar refractivity (Wildman–Crippen MR) is 75.6 cm³/mol. The molecular weight excluding hydrogens is 256 g/mol. The minimum absolute atomic E-state index is 0.0347. The molecule has 0 atom stereocenters. The molecule has 0 spiro atoms. The lowest BCUT2D eigenvalue weighted by atomic mass is 9.75. The molecule has 1 fully saturated rings. The summed E-state index contributed by atoms with van der Waals surface area (Å²) in [5.74, 6) is -0.962. The van der Waals surface area contributed by atoms with E-state index in [1.54, 1.807) is 18.2 Å². The van der Waals surface area contributed by atoms with E-state index in [9.17, 15) is 9.59 Å². The van der Waals surface area contributed by atoms with Crippen LogP contribution in [0.2, 0.25) is 0 Å². The molecular formula is C15H20N2O3. The van der Waals surface area contributed by atoms with E-state index in [1.807, 2.05) is 0 Å². The summed E-state index contributed by atoms with van der Waals surface area (Å²) in [4.78, 5) is 22.7. The maximum Gasteiger partial charge on any atom is 0.335 e. The van der Waals surface area contributed by atoms with Crippen LogP contribution in [0.25, 0.3) is 0 Å². The molecule has 1 aromatic carbocycles. The number of carbonyl (C=O) groups is 2. The zero-order valence-electron chi connectivity index (χ0n) is 11.6. The third-order valence-corrected chi connectivity index (χ3v) is 3.99. The molecule has 0 aliphatic heterocycles. The van der Waals surface area contributed by atoms with Crippen molar-refractivity contribution in [3.63, 3.8) is 0 Å². The molecule has 0 bridgehead atoms. The van der Waals surface area contributed by atoms with Crippen molar-refractivity contribution in [3.8, 4) is 0 Å². The Morgan fingerprint density at radius 3 is 2.65 bits per heavy atom. The van der Waals surface area contributed by atoms with Crippen LogP contribution in [0, 0.1) is 0 Å². The van der Waals surface area contributed by atoms with Gasteiger partial charge in [0, 0.05) is 12.1 Å². The van der Waals surface area contributed by atoms with Gasteiger partial charge in [-0.05, 0) is 43.4 Å². The predicted octanol–water partition coefficient (Wildman–Crippen LogP) is 2.52. The number of rotatable bonds is 5. The van der Waals surface area contributed by atoms with Crippen molar-refractivity contribution in [2.24, 2.45) is 0 Å². The topological polar surface area (TPSA) is 78.4 Å². The molecule has 0 heterocycles. The molecule has 0 saturated heterocycles. The van der Waals surface area contributed by atoms with Gasteiger partial charge in [-0.15, -0.1) is 0 Å². The highest BCUT2D eigenvalue weighted by Gasteiger charge is 2.36. The molecule has 1 aliphatic carbocycles. The van der Waals surface area contributed by atoms with Crippen molar-refractivity contribution in [2.45, 2.75) is 44.7 Å². The van der Waals surface area contributed by atoms with Gasteiger partial charge in [0.05, 0.1) is 5.56 Å². The smallest absolute Gasteiger partial charge is 0.335 e. The molecule has 3 N–H and O–H groups in total. The van der Waals surface area contributed by atoms with E-state index in [0.29, 0.717) is 6.54 Å². The van der Waals surface area contributed by atoms with E-state index < -0.39 is 5.97 Å². The lowest BCUT2D eigenvalue weighted by Crippen LogP contribution is -2.55. The van der Waals surface area contributed by atoms with E-state index in [1.165, 1.54) is 6.07 Å². The Balaban J connectivity index is 1.87. The van der Waals surface area contributed by atoms with Gasteiger partial charge in [-0.2, -0.15) is 0 Å². The highest BCUT2D eigenvalue weighted by molar-refractivity contribution is 5.87. The number of carboxylic acid groups (broad SMARTS) is 1.